The molecule has 1 amide bonds. The van der Waals surface area contributed by atoms with Gasteiger partial charge in [0.05, 0.1) is 0 Å². The largest absolute Gasteiger partial charge is 0.339 e. The SMILES string of the molecule is CC(=O)c1ccc(C(=O)N2CCC(N(C)C)CC2)cc1. The van der Waals surface area contributed by atoms with Gasteiger partial charge in [0, 0.05) is 30.3 Å². The van der Waals surface area contributed by atoms with Crippen molar-refractivity contribution in [1.82, 2.24) is 9.80 Å². The highest BCUT2D eigenvalue weighted by molar-refractivity contribution is 5.97. The first-order chi connectivity index (χ1) is 9.49. The third-order valence-electron chi connectivity index (χ3n) is 4.02. The van der Waals surface area contributed by atoms with Crippen LogP contribution in [0.15, 0.2) is 24.3 Å². The minimum Gasteiger partial charge on any atom is -0.339 e. The van der Waals surface area contributed by atoms with E-state index in [-0.39, 0.29) is 11.7 Å². The number of amides is 1. The second-order valence-electron chi connectivity index (χ2n) is 5.62. The molecule has 0 saturated carbocycles. The van der Waals surface area contributed by atoms with Crippen LogP contribution in [0.5, 0.6) is 0 Å². The lowest BCUT2D eigenvalue weighted by atomic mass is 10.0. The number of likely N-dealkylation sites (tertiary alicyclic amines) is 1. The lowest BCUT2D eigenvalue weighted by Gasteiger charge is -2.35. The van der Waals surface area contributed by atoms with E-state index in [0.717, 1.165) is 25.9 Å². The van der Waals surface area contributed by atoms with Crippen molar-refractivity contribution < 1.29 is 9.59 Å². The van der Waals surface area contributed by atoms with Crippen LogP contribution in [0.25, 0.3) is 0 Å². The second-order valence-corrected chi connectivity index (χ2v) is 5.62. The highest BCUT2D eigenvalue weighted by Crippen LogP contribution is 2.17. The minimum atomic E-state index is 0.0239. The first-order valence-corrected chi connectivity index (χ1v) is 7.05. The number of benzene rings is 1. The van der Waals surface area contributed by atoms with Crippen LogP contribution in [0.1, 0.15) is 40.5 Å². The average Bonchev–Trinajstić information content (AvgIpc) is 2.46. The summed E-state index contributed by atoms with van der Waals surface area (Å²) in [6.45, 7) is 3.13. The normalized spacial score (nSPS) is 16.5. The van der Waals surface area contributed by atoms with Crippen LogP contribution in [0.2, 0.25) is 0 Å². The molecule has 0 aliphatic carbocycles. The lowest BCUT2D eigenvalue weighted by Crippen LogP contribution is -2.44. The number of nitrogens with zero attached hydrogens (tertiary/aromatic N) is 2. The summed E-state index contributed by atoms with van der Waals surface area (Å²) in [5, 5.41) is 0. The van der Waals surface area contributed by atoms with Crippen LogP contribution in [-0.4, -0.2) is 54.7 Å². The maximum absolute atomic E-state index is 12.4. The van der Waals surface area contributed by atoms with Gasteiger partial charge >= 0.3 is 0 Å². The molecule has 0 radical (unpaired) electrons. The van der Waals surface area contributed by atoms with Gasteiger partial charge in [-0.2, -0.15) is 0 Å². The number of carbonyl (C=O) groups is 2. The monoisotopic (exact) mass is 274 g/mol. The number of hydrogen-bond acceptors (Lipinski definition) is 3. The van der Waals surface area contributed by atoms with E-state index >= 15 is 0 Å². The van der Waals surface area contributed by atoms with Gasteiger partial charge < -0.3 is 9.80 Å². The predicted molar refractivity (Wildman–Crippen MR) is 79.1 cm³/mol. The van der Waals surface area contributed by atoms with Gasteiger partial charge in [0.15, 0.2) is 5.78 Å². The Bertz CT molecular complexity index is 486. The lowest BCUT2D eigenvalue weighted by molar-refractivity contribution is 0.0663. The van der Waals surface area contributed by atoms with Crippen LogP contribution >= 0.6 is 0 Å². The molecule has 0 atom stereocenters. The van der Waals surface area contributed by atoms with Gasteiger partial charge in [-0.05, 0) is 46.0 Å². The van der Waals surface area contributed by atoms with Crippen molar-refractivity contribution in [2.24, 2.45) is 0 Å². The number of Topliss-reactive ketones (excluding diaryl/α,β-unsaturated/α-hetero) is 1. The Kier molecular flexibility index (Phi) is 4.55. The van der Waals surface area contributed by atoms with Crippen molar-refractivity contribution in [3.8, 4) is 0 Å². The fraction of sp³-hybridized carbons (Fsp3) is 0.500. The van der Waals surface area contributed by atoms with E-state index in [9.17, 15) is 9.59 Å². The molecular weight excluding hydrogens is 252 g/mol. The number of hydrogen-bond donors (Lipinski definition) is 0. The van der Waals surface area contributed by atoms with E-state index in [1.165, 1.54) is 6.92 Å². The van der Waals surface area contributed by atoms with Crippen molar-refractivity contribution in [2.75, 3.05) is 27.2 Å². The molecule has 0 N–H and O–H groups in total. The van der Waals surface area contributed by atoms with E-state index in [1.54, 1.807) is 24.3 Å². The van der Waals surface area contributed by atoms with Crippen LogP contribution < -0.4 is 0 Å². The van der Waals surface area contributed by atoms with Crippen LogP contribution in [0, 0.1) is 0 Å². The second kappa shape index (κ2) is 6.18. The van der Waals surface area contributed by atoms with Crippen molar-refractivity contribution in [1.29, 1.82) is 0 Å². The van der Waals surface area contributed by atoms with Gasteiger partial charge in [-0.1, -0.05) is 12.1 Å². The van der Waals surface area contributed by atoms with E-state index < -0.39 is 0 Å². The highest BCUT2D eigenvalue weighted by Gasteiger charge is 2.24. The first-order valence-electron chi connectivity index (χ1n) is 7.05. The average molecular weight is 274 g/mol. The molecule has 4 heteroatoms. The zero-order chi connectivity index (χ0) is 14.7. The summed E-state index contributed by atoms with van der Waals surface area (Å²) in [5.74, 6) is 0.0908. The van der Waals surface area contributed by atoms with E-state index in [1.807, 2.05) is 4.90 Å². The maximum atomic E-state index is 12.4. The van der Waals surface area contributed by atoms with Gasteiger partial charge in [0.1, 0.15) is 0 Å². The van der Waals surface area contributed by atoms with E-state index in [2.05, 4.69) is 19.0 Å². The molecule has 20 heavy (non-hydrogen) atoms. The van der Waals surface area contributed by atoms with Gasteiger partial charge in [-0.15, -0.1) is 0 Å². The molecule has 1 saturated heterocycles. The molecule has 1 aliphatic heterocycles. The Balaban J connectivity index is 2.00. The van der Waals surface area contributed by atoms with Gasteiger partial charge in [0.2, 0.25) is 0 Å². The number of carbonyl (C=O) groups excluding carboxylic acids is 2. The molecule has 1 aromatic carbocycles. The molecule has 0 bridgehead atoms. The van der Waals surface area contributed by atoms with Crippen molar-refractivity contribution in [2.45, 2.75) is 25.8 Å². The maximum Gasteiger partial charge on any atom is 0.253 e. The van der Waals surface area contributed by atoms with Crippen LogP contribution in [-0.2, 0) is 0 Å². The zero-order valence-corrected chi connectivity index (χ0v) is 12.4. The Hall–Kier alpha value is -1.68. The molecule has 0 unspecified atom stereocenters. The van der Waals surface area contributed by atoms with Crippen molar-refractivity contribution in [3.63, 3.8) is 0 Å². The number of piperidine rings is 1. The minimum absolute atomic E-state index is 0.0239. The summed E-state index contributed by atoms with van der Waals surface area (Å²) in [6.07, 6.45) is 2.04. The third kappa shape index (κ3) is 3.25. The molecule has 0 spiro atoms. The fourth-order valence-corrected chi connectivity index (χ4v) is 2.62. The summed E-state index contributed by atoms with van der Waals surface area (Å²) in [5.41, 5.74) is 1.31. The summed E-state index contributed by atoms with van der Waals surface area (Å²) in [4.78, 5) is 27.7. The zero-order valence-electron chi connectivity index (χ0n) is 12.4. The Morgan fingerprint density at radius 3 is 2.00 bits per heavy atom. The molecule has 4 nitrogen and oxygen atoms in total. The molecule has 1 fully saturated rings. The topological polar surface area (TPSA) is 40.6 Å². The fourth-order valence-electron chi connectivity index (χ4n) is 2.62. The first kappa shape index (κ1) is 14.7. The summed E-state index contributed by atoms with van der Waals surface area (Å²) < 4.78 is 0. The van der Waals surface area contributed by atoms with Gasteiger partial charge in [-0.25, -0.2) is 0 Å². The Labute approximate surface area is 120 Å². The standard InChI is InChI=1S/C16H22N2O2/c1-12(19)13-4-6-14(7-5-13)16(20)18-10-8-15(9-11-18)17(2)3/h4-7,15H,8-11H2,1-3H3. The quantitative estimate of drug-likeness (QED) is 0.792. The molecule has 108 valence electrons. The Morgan fingerprint density at radius 2 is 1.55 bits per heavy atom. The summed E-state index contributed by atoms with van der Waals surface area (Å²) in [7, 11) is 4.17. The van der Waals surface area contributed by atoms with Crippen LogP contribution in [0.4, 0.5) is 0 Å². The molecular formula is C16H22N2O2. The highest BCUT2D eigenvalue weighted by atomic mass is 16.2. The predicted octanol–water partition coefficient (Wildman–Crippen LogP) is 2.06. The number of rotatable bonds is 3. The smallest absolute Gasteiger partial charge is 0.253 e. The molecule has 1 aliphatic rings. The third-order valence-corrected chi connectivity index (χ3v) is 4.02. The van der Waals surface area contributed by atoms with Gasteiger partial charge in [0.25, 0.3) is 5.91 Å². The molecule has 0 aromatic heterocycles. The molecule has 2 rings (SSSR count). The Morgan fingerprint density at radius 1 is 1.05 bits per heavy atom. The molecule has 1 aromatic rings. The molecule has 1 heterocycles. The summed E-state index contributed by atoms with van der Waals surface area (Å²) >= 11 is 0. The van der Waals surface area contributed by atoms with E-state index in [4.69, 9.17) is 0 Å². The van der Waals surface area contributed by atoms with Crippen LogP contribution in [0.3, 0.4) is 0 Å². The van der Waals surface area contributed by atoms with Crippen molar-refractivity contribution in [3.05, 3.63) is 35.4 Å². The number of ketones is 1. The van der Waals surface area contributed by atoms with Gasteiger partial charge in [-0.3, -0.25) is 9.59 Å². The summed E-state index contributed by atoms with van der Waals surface area (Å²) in [6, 6.07) is 7.51. The van der Waals surface area contributed by atoms with Crippen molar-refractivity contribution >= 4 is 11.7 Å². The van der Waals surface area contributed by atoms with E-state index in [0.29, 0.717) is 17.2 Å².